The topological polar surface area (TPSA) is 15.3 Å². The molecule has 0 spiro atoms. The van der Waals surface area contributed by atoms with Crippen LogP contribution in [0.25, 0.3) is 0 Å². The Bertz CT molecular complexity index is 299. The lowest BCUT2D eigenvalue weighted by atomic mass is 9.67. The van der Waals surface area contributed by atoms with Crippen molar-refractivity contribution in [2.45, 2.75) is 58.9 Å². The van der Waals surface area contributed by atoms with Crippen molar-refractivity contribution in [1.29, 1.82) is 0 Å². The van der Waals surface area contributed by atoms with Crippen LogP contribution in [-0.2, 0) is 0 Å². The molecule has 1 aliphatic heterocycles. The molecule has 2 bridgehead atoms. The SMILES string of the molecule is CC12CCC(C1)C(C)(C)C2N1CCCNCCC1. The van der Waals surface area contributed by atoms with Crippen LogP contribution in [0.1, 0.15) is 52.9 Å². The molecule has 1 heterocycles. The zero-order valence-corrected chi connectivity index (χ0v) is 12.5. The maximum atomic E-state index is 3.54. The lowest BCUT2D eigenvalue weighted by Gasteiger charge is -2.49. The van der Waals surface area contributed by atoms with Crippen LogP contribution >= 0.6 is 0 Å². The summed E-state index contributed by atoms with van der Waals surface area (Å²) in [4.78, 5) is 2.86. The van der Waals surface area contributed by atoms with Crippen LogP contribution in [0.15, 0.2) is 0 Å². The molecule has 3 fully saturated rings. The van der Waals surface area contributed by atoms with Crippen molar-refractivity contribution in [1.82, 2.24) is 10.2 Å². The van der Waals surface area contributed by atoms with Gasteiger partial charge < -0.3 is 5.32 Å². The summed E-state index contributed by atoms with van der Waals surface area (Å²) in [5.74, 6) is 0.982. The van der Waals surface area contributed by atoms with E-state index in [-0.39, 0.29) is 0 Å². The molecule has 1 saturated heterocycles. The molecule has 0 aromatic carbocycles. The number of fused-ring (bicyclic) bond motifs is 2. The van der Waals surface area contributed by atoms with Gasteiger partial charge in [-0.3, -0.25) is 4.90 Å². The van der Waals surface area contributed by atoms with Crippen molar-refractivity contribution < 1.29 is 0 Å². The van der Waals surface area contributed by atoms with Crippen LogP contribution < -0.4 is 5.32 Å². The Hall–Kier alpha value is -0.0800. The van der Waals surface area contributed by atoms with Gasteiger partial charge in [0.1, 0.15) is 0 Å². The highest BCUT2D eigenvalue weighted by molar-refractivity contribution is 5.12. The standard InChI is InChI=1S/C16H30N2/c1-15(2)13-6-7-16(3,12-13)14(15)18-10-4-8-17-9-5-11-18/h13-14,17H,4-12H2,1-3H3. The lowest BCUT2D eigenvalue weighted by Crippen LogP contribution is -2.54. The van der Waals surface area contributed by atoms with Crippen LogP contribution in [0.4, 0.5) is 0 Å². The van der Waals surface area contributed by atoms with E-state index in [0.29, 0.717) is 10.8 Å². The van der Waals surface area contributed by atoms with E-state index in [1.54, 1.807) is 0 Å². The fraction of sp³-hybridized carbons (Fsp3) is 1.00. The van der Waals surface area contributed by atoms with Gasteiger partial charge in [-0.05, 0) is 75.0 Å². The molecule has 104 valence electrons. The van der Waals surface area contributed by atoms with E-state index in [2.05, 4.69) is 31.0 Å². The van der Waals surface area contributed by atoms with E-state index >= 15 is 0 Å². The first-order chi connectivity index (χ1) is 8.54. The molecule has 0 aromatic heterocycles. The Labute approximate surface area is 113 Å². The minimum Gasteiger partial charge on any atom is -0.317 e. The fourth-order valence-electron chi connectivity index (χ4n) is 5.50. The highest BCUT2D eigenvalue weighted by Gasteiger charge is 2.60. The van der Waals surface area contributed by atoms with Gasteiger partial charge in [0.2, 0.25) is 0 Å². The predicted octanol–water partition coefficient (Wildman–Crippen LogP) is 2.89. The molecule has 2 aliphatic carbocycles. The molecule has 0 aromatic rings. The van der Waals surface area contributed by atoms with Crippen molar-refractivity contribution >= 4 is 0 Å². The number of hydrogen-bond donors (Lipinski definition) is 1. The average Bonchev–Trinajstić information content (AvgIpc) is 2.72. The molecule has 0 radical (unpaired) electrons. The van der Waals surface area contributed by atoms with Gasteiger partial charge in [-0.2, -0.15) is 0 Å². The number of nitrogens with zero attached hydrogens (tertiary/aromatic N) is 1. The van der Waals surface area contributed by atoms with E-state index in [1.807, 2.05) is 0 Å². The third-order valence-electron chi connectivity index (χ3n) is 6.16. The molecule has 2 nitrogen and oxygen atoms in total. The summed E-state index contributed by atoms with van der Waals surface area (Å²) in [5.41, 5.74) is 1.15. The Morgan fingerprint density at radius 3 is 2.28 bits per heavy atom. The summed E-state index contributed by atoms with van der Waals surface area (Å²) in [6.45, 7) is 12.7. The number of nitrogens with one attached hydrogen (secondary N) is 1. The quantitative estimate of drug-likeness (QED) is 0.770. The second-order valence-corrected chi connectivity index (χ2v) is 7.81. The summed E-state index contributed by atoms with van der Waals surface area (Å²) in [6, 6.07) is 0.835. The molecule has 3 rings (SSSR count). The molecule has 2 heteroatoms. The monoisotopic (exact) mass is 250 g/mol. The lowest BCUT2D eigenvalue weighted by molar-refractivity contribution is 0.000526. The Morgan fingerprint density at radius 2 is 1.72 bits per heavy atom. The van der Waals surface area contributed by atoms with Crippen molar-refractivity contribution in [3.8, 4) is 0 Å². The minimum atomic E-state index is 0.541. The Balaban J connectivity index is 1.80. The summed E-state index contributed by atoms with van der Waals surface area (Å²) < 4.78 is 0. The van der Waals surface area contributed by atoms with Crippen molar-refractivity contribution in [2.24, 2.45) is 16.7 Å². The third kappa shape index (κ3) is 1.92. The number of rotatable bonds is 1. The van der Waals surface area contributed by atoms with Gasteiger partial charge in [0.25, 0.3) is 0 Å². The van der Waals surface area contributed by atoms with Gasteiger partial charge in [-0.15, -0.1) is 0 Å². The van der Waals surface area contributed by atoms with E-state index in [0.717, 1.165) is 12.0 Å². The van der Waals surface area contributed by atoms with Crippen LogP contribution in [-0.4, -0.2) is 37.1 Å². The third-order valence-corrected chi connectivity index (χ3v) is 6.16. The van der Waals surface area contributed by atoms with Gasteiger partial charge in [-0.25, -0.2) is 0 Å². The smallest absolute Gasteiger partial charge is 0.0203 e. The van der Waals surface area contributed by atoms with Crippen LogP contribution in [0.3, 0.4) is 0 Å². The maximum absolute atomic E-state index is 3.54. The Morgan fingerprint density at radius 1 is 1.06 bits per heavy atom. The summed E-state index contributed by atoms with van der Waals surface area (Å²) in [7, 11) is 0. The maximum Gasteiger partial charge on any atom is 0.0203 e. The first-order valence-electron chi connectivity index (χ1n) is 7.99. The molecule has 0 amide bonds. The van der Waals surface area contributed by atoms with Gasteiger partial charge >= 0.3 is 0 Å². The molecule has 3 atom stereocenters. The molecule has 2 saturated carbocycles. The normalized spacial score (nSPS) is 44.8. The highest BCUT2D eigenvalue weighted by Crippen LogP contribution is 2.64. The van der Waals surface area contributed by atoms with Gasteiger partial charge in [0.15, 0.2) is 0 Å². The van der Waals surface area contributed by atoms with E-state index < -0.39 is 0 Å². The van der Waals surface area contributed by atoms with Gasteiger partial charge in [0, 0.05) is 6.04 Å². The largest absolute Gasteiger partial charge is 0.317 e. The fourth-order valence-corrected chi connectivity index (χ4v) is 5.50. The van der Waals surface area contributed by atoms with Crippen LogP contribution in [0, 0.1) is 16.7 Å². The molecule has 3 aliphatic rings. The molecular weight excluding hydrogens is 220 g/mol. The molecule has 3 unspecified atom stereocenters. The van der Waals surface area contributed by atoms with Gasteiger partial charge in [0.05, 0.1) is 0 Å². The summed E-state index contributed by atoms with van der Waals surface area (Å²) in [6.07, 6.45) is 7.09. The van der Waals surface area contributed by atoms with Gasteiger partial charge in [-0.1, -0.05) is 20.8 Å². The highest BCUT2D eigenvalue weighted by atomic mass is 15.2. The van der Waals surface area contributed by atoms with Crippen molar-refractivity contribution in [3.05, 3.63) is 0 Å². The van der Waals surface area contributed by atoms with Crippen molar-refractivity contribution in [2.75, 3.05) is 26.2 Å². The first-order valence-corrected chi connectivity index (χ1v) is 7.99. The molecule has 1 N–H and O–H groups in total. The van der Waals surface area contributed by atoms with E-state index in [1.165, 1.54) is 58.3 Å². The van der Waals surface area contributed by atoms with E-state index in [9.17, 15) is 0 Å². The summed E-state index contributed by atoms with van der Waals surface area (Å²) in [5, 5.41) is 3.54. The van der Waals surface area contributed by atoms with Crippen molar-refractivity contribution in [3.63, 3.8) is 0 Å². The van der Waals surface area contributed by atoms with Crippen LogP contribution in [0.2, 0.25) is 0 Å². The second-order valence-electron chi connectivity index (χ2n) is 7.81. The van der Waals surface area contributed by atoms with Crippen LogP contribution in [0.5, 0.6) is 0 Å². The predicted molar refractivity (Wildman–Crippen MR) is 76.7 cm³/mol. The summed E-state index contributed by atoms with van der Waals surface area (Å²) >= 11 is 0. The second kappa shape index (κ2) is 4.49. The minimum absolute atomic E-state index is 0.541. The number of hydrogen-bond acceptors (Lipinski definition) is 2. The molecule has 18 heavy (non-hydrogen) atoms. The first kappa shape index (κ1) is 12.9. The zero-order chi connectivity index (χ0) is 12.8. The van der Waals surface area contributed by atoms with E-state index in [4.69, 9.17) is 0 Å². The Kier molecular flexibility index (Phi) is 3.22. The average molecular weight is 250 g/mol. The zero-order valence-electron chi connectivity index (χ0n) is 12.5. The molecular formula is C16H30N2.